The second-order valence-corrected chi connectivity index (χ2v) is 23.4. The maximum atomic E-state index is 15.3. The Morgan fingerprint density at radius 2 is 1.43 bits per heavy atom. The number of carbonyl (C=O) groups is 7. The van der Waals surface area contributed by atoms with Crippen LogP contribution in [0.15, 0.2) is 122 Å². The van der Waals surface area contributed by atoms with Gasteiger partial charge in [-0.2, -0.15) is 0 Å². The largest absolute Gasteiger partial charge is 0.368 e. The minimum absolute atomic E-state index is 0.0440. The van der Waals surface area contributed by atoms with Crippen LogP contribution < -0.4 is 49.1 Å². The van der Waals surface area contributed by atoms with E-state index in [1.54, 1.807) is 30.6 Å². The summed E-state index contributed by atoms with van der Waals surface area (Å²) in [5, 5.41) is 20.2. The molecule has 2 aromatic heterocycles. The standard InChI is InChI=1S/C58H70FN11O7S2/c1-58(2,3)51-50(71)44(22-8-9-23-60)66-55(75)47(29-38-31-64-43-21-7-6-20-41(38)43)69-54(74)46(27-35-14-12-24-63-30-35)68-57(77)49(70-53(73)42(61)26-34-13-10-18-39(59)25-34)33-79-78-32-48(65-51)56(76)67-45(52(62)72)28-37-17-11-16-36-15-4-5-19-40(36)37/h4-7,10-21,24-25,30-31,42,44-49,51,64-65H,8-9,22-23,26-29,32-33,60-61H2,1-3H3,(H2,62,72)(H,66,75)(H,67,76)(H,68,77)(H,69,74)(H,70,73)/t42?,44-,45?,46?,47-,48-,49+,51?/m0/s1. The number of fused-ring (bicyclic) bond motifs is 2. The van der Waals surface area contributed by atoms with Crippen LogP contribution >= 0.6 is 21.6 Å². The van der Waals surface area contributed by atoms with E-state index in [9.17, 15) is 28.4 Å². The predicted molar refractivity (Wildman–Crippen MR) is 308 cm³/mol. The highest BCUT2D eigenvalue weighted by molar-refractivity contribution is 8.76. The van der Waals surface area contributed by atoms with Crippen LogP contribution in [0.1, 0.15) is 62.3 Å². The molecule has 4 aromatic carbocycles. The van der Waals surface area contributed by atoms with Crippen LogP contribution in [0.3, 0.4) is 0 Å². The van der Waals surface area contributed by atoms with Gasteiger partial charge < -0.3 is 48.8 Å². The molecule has 1 aliphatic heterocycles. The first-order valence-electron chi connectivity index (χ1n) is 26.3. The van der Waals surface area contributed by atoms with Crippen LogP contribution in [0.25, 0.3) is 21.7 Å². The smallest absolute Gasteiger partial charge is 0.244 e. The molecule has 0 spiro atoms. The highest BCUT2D eigenvalue weighted by Gasteiger charge is 2.41. The second kappa shape index (κ2) is 28.1. The Kier molecular flexibility index (Phi) is 21.2. The van der Waals surface area contributed by atoms with Crippen molar-refractivity contribution in [1.82, 2.24) is 41.9 Å². The Morgan fingerprint density at radius 3 is 2.15 bits per heavy atom. The first kappa shape index (κ1) is 59.5. The summed E-state index contributed by atoms with van der Waals surface area (Å²) < 4.78 is 14.2. The van der Waals surface area contributed by atoms with Crippen LogP contribution in [-0.2, 0) is 59.2 Å². The van der Waals surface area contributed by atoms with Gasteiger partial charge in [-0.1, -0.05) is 121 Å². The number of rotatable bonds is 17. The average molecular weight is 1120 g/mol. The van der Waals surface area contributed by atoms with E-state index in [1.165, 1.54) is 24.4 Å². The van der Waals surface area contributed by atoms with Crippen molar-refractivity contribution >= 4 is 84.5 Å². The molecular weight excluding hydrogens is 1050 g/mol. The zero-order valence-corrected chi connectivity index (χ0v) is 46.1. The predicted octanol–water partition coefficient (Wildman–Crippen LogP) is 3.83. The van der Waals surface area contributed by atoms with Crippen molar-refractivity contribution < 1.29 is 38.0 Å². The van der Waals surface area contributed by atoms with E-state index < -0.39 is 101 Å². The first-order chi connectivity index (χ1) is 37.9. The molecule has 8 atom stereocenters. The van der Waals surface area contributed by atoms with Crippen LogP contribution in [0.5, 0.6) is 0 Å². The number of primary amides is 1. The van der Waals surface area contributed by atoms with E-state index >= 15 is 9.59 Å². The quantitative estimate of drug-likeness (QED) is 0.0460. The van der Waals surface area contributed by atoms with E-state index in [4.69, 9.17) is 17.2 Å². The topological polar surface area (TPSA) is 298 Å². The fourth-order valence-corrected chi connectivity index (χ4v) is 11.9. The van der Waals surface area contributed by atoms with E-state index in [2.05, 4.69) is 41.9 Å². The summed E-state index contributed by atoms with van der Waals surface area (Å²) >= 11 is 0. The van der Waals surface area contributed by atoms with Gasteiger partial charge in [0.2, 0.25) is 35.4 Å². The number of nitrogens with one attached hydrogen (secondary N) is 7. The van der Waals surface area contributed by atoms with Gasteiger partial charge in [-0.3, -0.25) is 43.9 Å². The number of nitrogens with zero attached hydrogens (tertiary/aromatic N) is 1. The molecule has 21 heteroatoms. The Morgan fingerprint density at radius 1 is 0.759 bits per heavy atom. The molecular formula is C58H70FN11O7S2. The molecule has 1 fully saturated rings. The third-order valence-corrected chi connectivity index (χ3v) is 16.2. The van der Waals surface area contributed by atoms with Crippen molar-refractivity contribution in [2.75, 3.05) is 18.1 Å². The number of carbonyl (C=O) groups excluding carboxylic acids is 7. The summed E-state index contributed by atoms with van der Waals surface area (Å²) in [6.45, 7) is 5.79. The number of aromatic amines is 1. The number of benzene rings is 4. The number of ketones is 1. The molecule has 3 heterocycles. The molecule has 0 aliphatic carbocycles. The maximum Gasteiger partial charge on any atom is 0.244 e. The van der Waals surface area contributed by atoms with Gasteiger partial charge in [0.05, 0.1) is 24.2 Å². The number of pyridine rings is 1. The van der Waals surface area contributed by atoms with Crippen LogP contribution in [-0.4, -0.2) is 118 Å². The van der Waals surface area contributed by atoms with E-state index in [1.807, 2.05) is 87.5 Å². The number of amides is 6. The van der Waals surface area contributed by atoms with Crippen molar-refractivity contribution in [2.24, 2.45) is 22.6 Å². The Hall–Kier alpha value is -7.17. The van der Waals surface area contributed by atoms with Crippen molar-refractivity contribution in [3.05, 3.63) is 150 Å². The zero-order valence-electron chi connectivity index (χ0n) is 44.5. The van der Waals surface area contributed by atoms with Crippen LogP contribution in [0.2, 0.25) is 0 Å². The van der Waals surface area contributed by atoms with Gasteiger partial charge in [0.1, 0.15) is 30.0 Å². The lowest BCUT2D eigenvalue weighted by atomic mass is 9.80. The number of para-hydroxylation sites is 1. The summed E-state index contributed by atoms with van der Waals surface area (Å²) in [4.78, 5) is 109. The van der Waals surface area contributed by atoms with Gasteiger partial charge in [-0.25, -0.2) is 4.39 Å². The summed E-state index contributed by atoms with van der Waals surface area (Å²) in [5.41, 5.74) is 20.7. The lowest BCUT2D eigenvalue weighted by molar-refractivity contribution is -0.135. The Bertz CT molecular complexity index is 3100. The van der Waals surface area contributed by atoms with E-state index in [-0.39, 0.29) is 43.6 Å². The van der Waals surface area contributed by atoms with Gasteiger partial charge in [-0.05, 0) is 94.9 Å². The normalized spacial score (nSPS) is 20.9. The molecule has 418 valence electrons. The molecule has 4 unspecified atom stereocenters. The third kappa shape index (κ3) is 16.7. The van der Waals surface area contributed by atoms with Crippen LogP contribution in [0.4, 0.5) is 4.39 Å². The van der Waals surface area contributed by atoms with Crippen molar-refractivity contribution in [3.63, 3.8) is 0 Å². The maximum absolute atomic E-state index is 15.3. The molecule has 7 rings (SSSR count). The molecule has 1 saturated heterocycles. The van der Waals surface area contributed by atoms with Crippen molar-refractivity contribution in [2.45, 2.75) is 114 Å². The van der Waals surface area contributed by atoms with Gasteiger partial charge in [0.15, 0.2) is 5.78 Å². The van der Waals surface area contributed by atoms with Gasteiger partial charge in [-0.15, -0.1) is 0 Å². The number of hydrogen-bond donors (Lipinski definition) is 10. The summed E-state index contributed by atoms with van der Waals surface area (Å²) in [7, 11) is 2.27. The monoisotopic (exact) mass is 1120 g/mol. The minimum atomic E-state index is -1.35. The van der Waals surface area contributed by atoms with Gasteiger partial charge in [0.25, 0.3) is 0 Å². The minimum Gasteiger partial charge on any atom is -0.368 e. The number of halogens is 1. The summed E-state index contributed by atoms with van der Waals surface area (Å²) in [5.74, 6) is -5.52. The molecule has 6 aromatic rings. The lowest BCUT2D eigenvalue weighted by Gasteiger charge is -2.36. The number of nitrogens with two attached hydrogens (primary N) is 3. The summed E-state index contributed by atoms with van der Waals surface area (Å²) in [6.07, 6.45) is 5.84. The highest BCUT2D eigenvalue weighted by Crippen LogP contribution is 2.28. The number of Topliss-reactive ketones (excluding diaryl/α,β-unsaturated/α-hetero) is 1. The molecule has 0 bridgehead atoms. The molecule has 1 aliphatic rings. The average Bonchev–Trinajstić information content (AvgIpc) is 3.83. The van der Waals surface area contributed by atoms with Crippen molar-refractivity contribution in [3.8, 4) is 0 Å². The van der Waals surface area contributed by atoms with Gasteiger partial charge in [0, 0.05) is 60.3 Å². The van der Waals surface area contributed by atoms with Crippen LogP contribution in [0, 0.1) is 11.2 Å². The molecule has 18 nitrogen and oxygen atoms in total. The number of hydrogen-bond acceptors (Lipinski definition) is 13. The first-order valence-corrected chi connectivity index (χ1v) is 28.8. The number of unbranched alkanes of at least 4 members (excludes halogenated alkanes) is 1. The highest BCUT2D eigenvalue weighted by atomic mass is 33.1. The summed E-state index contributed by atoms with van der Waals surface area (Å²) in [6, 6.07) is 19.9. The SMILES string of the molecule is CC(C)(C)C1N[C@H](C(=O)NC(Cc2cccc3ccccc23)C(N)=O)CSSC[C@@H](NC(=O)C(N)Cc2cccc(F)c2)C(=O)NC(Cc2cccnc2)C(=O)N[C@@H](Cc2c[nH]c3ccccc23)C(=O)N[C@@H](CCCCN)C1=O. The Labute approximate surface area is 466 Å². The molecule has 79 heavy (non-hydrogen) atoms. The molecule has 0 radical (unpaired) electrons. The number of H-pyrrole nitrogens is 1. The van der Waals surface area contributed by atoms with E-state index in [0.29, 0.717) is 36.1 Å². The fraction of sp³-hybridized carbons (Fsp3) is 0.379. The van der Waals surface area contributed by atoms with Gasteiger partial charge >= 0.3 is 0 Å². The molecule has 13 N–H and O–H groups in total. The van der Waals surface area contributed by atoms with E-state index in [0.717, 1.165) is 48.8 Å². The molecule has 0 saturated carbocycles. The number of aromatic nitrogens is 2. The van der Waals surface area contributed by atoms with Crippen molar-refractivity contribution in [1.29, 1.82) is 0 Å². The second-order valence-electron chi connectivity index (χ2n) is 20.9. The third-order valence-electron chi connectivity index (χ3n) is 13.8. The zero-order chi connectivity index (χ0) is 56.6. The molecule has 6 amide bonds. The fourth-order valence-electron chi connectivity index (χ4n) is 9.54. The Balaban J connectivity index is 1.27. The lowest BCUT2D eigenvalue weighted by Crippen LogP contribution is -2.63.